The first-order chi connectivity index (χ1) is 6.57. The van der Waals surface area contributed by atoms with Crippen molar-refractivity contribution in [3.8, 4) is 0 Å². The van der Waals surface area contributed by atoms with Crippen LogP contribution in [-0.4, -0.2) is 12.0 Å². The fraction of sp³-hybridized carbons (Fsp3) is 0.545. The van der Waals surface area contributed by atoms with Crippen LogP contribution < -0.4 is 11.1 Å². The Kier molecular flexibility index (Phi) is 2.00. The summed E-state index contributed by atoms with van der Waals surface area (Å²) in [5, 5.41) is 3.13. The first-order valence-corrected chi connectivity index (χ1v) is 5.02. The molecule has 3 nitrogen and oxygen atoms in total. The Hall–Kier alpha value is -1.09. The predicted molar refractivity (Wildman–Crippen MR) is 58.4 cm³/mol. The smallest absolute Gasteiger partial charge is 0.131 e. The summed E-state index contributed by atoms with van der Waals surface area (Å²) in [5.41, 5.74) is 9.60. The molecule has 0 radical (unpaired) electrons. The van der Waals surface area contributed by atoms with Crippen LogP contribution in [0.1, 0.15) is 29.7 Å². The molecule has 0 bridgehead atoms. The Bertz CT molecular complexity index is 367. The molecule has 1 aromatic heterocycles. The van der Waals surface area contributed by atoms with Crippen LogP contribution in [0.3, 0.4) is 0 Å². The number of nitrogens with zero attached hydrogens (tertiary/aromatic N) is 1. The molecular weight excluding hydrogens is 174 g/mol. The normalized spacial score (nSPS) is 18.0. The van der Waals surface area contributed by atoms with Gasteiger partial charge in [0.05, 0.1) is 0 Å². The van der Waals surface area contributed by atoms with E-state index in [1.807, 2.05) is 14.0 Å². The van der Waals surface area contributed by atoms with E-state index >= 15 is 0 Å². The predicted octanol–water partition coefficient (Wildman–Crippen LogP) is 1.69. The van der Waals surface area contributed by atoms with E-state index in [-0.39, 0.29) is 5.54 Å². The van der Waals surface area contributed by atoms with E-state index in [0.717, 1.165) is 24.4 Å². The van der Waals surface area contributed by atoms with Gasteiger partial charge in [-0.2, -0.15) is 0 Å². The minimum atomic E-state index is -0.108. The molecule has 14 heavy (non-hydrogen) atoms. The molecule has 0 spiro atoms. The standard InChI is InChI=1S/C11H17N3/c1-7-6-8(2)14-10(13-3)9(7)11(12)4-5-11/h6H,4-5,12H2,1-3H3,(H,13,14). The van der Waals surface area contributed by atoms with Gasteiger partial charge in [-0.25, -0.2) is 4.98 Å². The van der Waals surface area contributed by atoms with Crippen LogP contribution >= 0.6 is 0 Å². The number of hydrogen-bond acceptors (Lipinski definition) is 3. The third-order valence-corrected chi connectivity index (χ3v) is 2.87. The number of aryl methyl sites for hydroxylation is 2. The molecule has 1 fully saturated rings. The van der Waals surface area contributed by atoms with Gasteiger partial charge in [0.2, 0.25) is 0 Å². The maximum absolute atomic E-state index is 6.22. The van der Waals surface area contributed by atoms with E-state index in [1.54, 1.807) is 0 Å². The monoisotopic (exact) mass is 191 g/mol. The first-order valence-electron chi connectivity index (χ1n) is 5.02. The van der Waals surface area contributed by atoms with Crippen molar-refractivity contribution in [2.75, 3.05) is 12.4 Å². The van der Waals surface area contributed by atoms with Gasteiger partial charge in [-0.1, -0.05) is 0 Å². The van der Waals surface area contributed by atoms with Crippen LogP contribution in [-0.2, 0) is 5.54 Å². The average Bonchev–Trinajstić information content (AvgIpc) is 2.82. The molecule has 1 heterocycles. The van der Waals surface area contributed by atoms with Crippen LogP contribution in [0.2, 0.25) is 0 Å². The van der Waals surface area contributed by atoms with Crippen molar-refractivity contribution in [1.82, 2.24) is 4.98 Å². The lowest BCUT2D eigenvalue weighted by molar-refractivity contribution is 0.729. The number of pyridine rings is 1. The summed E-state index contributed by atoms with van der Waals surface area (Å²) in [7, 11) is 1.90. The highest BCUT2D eigenvalue weighted by Crippen LogP contribution is 2.46. The minimum absolute atomic E-state index is 0.108. The van der Waals surface area contributed by atoms with E-state index in [4.69, 9.17) is 5.73 Å². The average molecular weight is 191 g/mol. The molecule has 1 aliphatic carbocycles. The molecule has 1 saturated carbocycles. The van der Waals surface area contributed by atoms with E-state index in [0.29, 0.717) is 0 Å². The van der Waals surface area contributed by atoms with Crippen LogP contribution in [0.5, 0.6) is 0 Å². The lowest BCUT2D eigenvalue weighted by Gasteiger charge is -2.17. The highest BCUT2D eigenvalue weighted by atomic mass is 15.0. The molecule has 2 rings (SSSR count). The van der Waals surface area contributed by atoms with E-state index < -0.39 is 0 Å². The van der Waals surface area contributed by atoms with Crippen LogP contribution in [0.25, 0.3) is 0 Å². The lowest BCUT2D eigenvalue weighted by Crippen LogP contribution is -2.22. The van der Waals surface area contributed by atoms with Crippen molar-refractivity contribution in [2.45, 2.75) is 32.2 Å². The number of rotatable bonds is 2. The van der Waals surface area contributed by atoms with Crippen LogP contribution in [0.15, 0.2) is 6.07 Å². The van der Waals surface area contributed by atoms with Crippen LogP contribution in [0.4, 0.5) is 5.82 Å². The Labute approximate surface area is 84.7 Å². The maximum atomic E-state index is 6.22. The number of aromatic nitrogens is 1. The number of nitrogens with one attached hydrogen (secondary N) is 1. The zero-order valence-corrected chi connectivity index (χ0v) is 9.02. The van der Waals surface area contributed by atoms with Crippen LogP contribution in [0, 0.1) is 13.8 Å². The van der Waals surface area contributed by atoms with Crippen molar-refractivity contribution in [3.63, 3.8) is 0 Å². The van der Waals surface area contributed by atoms with Gasteiger partial charge in [0, 0.05) is 23.8 Å². The molecule has 0 saturated heterocycles. The molecule has 1 aliphatic rings. The Morgan fingerprint density at radius 1 is 1.43 bits per heavy atom. The van der Waals surface area contributed by atoms with Crippen molar-refractivity contribution in [1.29, 1.82) is 0 Å². The zero-order chi connectivity index (χ0) is 10.3. The van der Waals surface area contributed by atoms with Gasteiger partial charge in [0.25, 0.3) is 0 Å². The van der Waals surface area contributed by atoms with Gasteiger partial charge >= 0.3 is 0 Å². The van der Waals surface area contributed by atoms with Crippen molar-refractivity contribution >= 4 is 5.82 Å². The fourth-order valence-electron chi connectivity index (χ4n) is 2.03. The van der Waals surface area contributed by atoms with Gasteiger partial charge in [-0.3, -0.25) is 0 Å². The lowest BCUT2D eigenvalue weighted by atomic mass is 10.0. The minimum Gasteiger partial charge on any atom is -0.373 e. The highest BCUT2D eigenvalue weighted by molar-refractivity contribution is 5.54. The number of anilines is 1. The molecule has 0 amide bonds. The summed E-state index contributed by atoms with van der Waals surface area (Å²) in [6, 6.07) is 2.10. The second-order valence-corrected chi connectivity index (χ2v) is 4.21. The summed E-state index contributed by atoms with van der Waals surface area (Å²) in [6.07, 6.45) is 2.15. The molecule has 76 valence electrons. The van der Waals surface area contributed by atoms with E-state index in [1.165, 1.54) is 11.1 Å². The Balaban J connectivity index is 2.56. The maximum Gasteiger partial charge on any atom is 0.131 e. The topological polar surface area (TPSA) is 50.9 Å². The molecule has 0 atom stereocenters. The summed E-state index contributed by atoms with van der Waals surface area (Å²) >= 11 is 0. The second kappa shape index (κ2) is 2.95. The Morgan fingerprint density at radius 2 is 2.07 bits per heavy atom. The number of nitrogens with two attached hydrogens (primary N) is 1. The van der Waals surface area contributed by atoms with Crippen molar-refractivity contribution < 1.29 is 0 Å². The summed E-state index contributed by atoms with van der Waals surface area (Å²) in [6.45, 7) is 4.12. The third kappa shape index (κ3) is 1.38. The molecular formula is C11H17N3. The molecule has 0 aliphatic heterocycles. The third-order valence-electron chi connectivity index (χ3n) is 2.87. The fourth-order valence-corrected chi connectivity index (χ4v) is 2.03. The largest absolute Gasteiger partial charge is 0.373 e. The molecule has 1 aromatic rings. The summed E-state index contributed by atoms with van der Waals surface area (Å²) in [5.74, 6) is 0.947. The number of hydrogen-bond donors (Lipinski definition) is 2. The quantitative estimate of drug-likeness (QED) is 0.748. The van der Waals surface area contributed by atoms with Gasteiger partial charge in [0.15, 0.2) is 0 Å². The first kappa shape index (κ1) is 9.46. The van der Waals surface area contributed by atoms with Gasteiger partial charge < -0.3 is 11.1 Å². The highest BCUT2D eigenvalue weighted by Gasteiger charge is 2.43. The van der Waals surface area contributed by atoms with Gasteiger partial charge in [0.1, 0.15) is 5.82 Å². The van der Waals surface area contributed by atoms with Gasteiger partial charge in [-0.15, -0.1) is 0 Å². The summed E-state index contributed by atoms with van der Waals surface area (Å²) < 4.78 is 0. The molecule has 3 heteroatoms. The van der Waals surface area contributed by atoms with Gasteiger partial charge in [-0.05, 0) is 38.3 Å². The summed E-state index contributed by atoms with van der Waals surface area (Å²) in [4.78, 5) is 4.47. The molecule has 3 N–H and O–H groups in total. The SMILES string of the molecule is CNc1nc(C)cc(C)c1C1(N)CC1. The van der Waals surface area contributed by atoms with E-state index in [9.17, 15) is 0 Å². The molecule has 0 unspecified atom stereocenters. The second-order valence-electron chi connectivity index (χ2n) is 4.21. The van der Waals surface area contributed by atoms with E-state index in [2.05, 4.69) is 23.3 Å². The Morgan fingerprint density at radius 3 is 2.57 bits per heavy atom. The van der Waals surface area contributed by atoms with Crippen molar-refractivity contribution in [3.05, 3.63) is 22.9 Å². The molecule has 0 aromatic carbocycles. The van der Waals surface area contributed by atoms with Crippen molar-refractivity contribution in [2.24, 2.45) is 5.73 Å². The zero-order valence-electron chi connectivity index (χ0n) is 9.02.